The number of hydroxylamine groups is 1. The Labute approximate surface area is 157 Å². The first-order chi connectivity index (χ1) is 12.6. The monoisotopic (exact) mass is 363 g/mol. The molecule has 1 amide bonds. The van der Waals surface area contributed by atoms with E-state index < -0.39 is 0 Å². The van der Waals surface area contributed by atoms with Crippen LogP contribution in [0.4, 0.5) is 0 Å². The van der Waals surface area contributed by atoms with E-state index in [0.717, 1.165) is 44.8 Å². The van der Waals surface area contributed by atoms with E-state index in [0.29, 0.717) is 13.2 Å². The highest BCUT2D eigenvalue weighted by Crippen LogP contribution is 2.00. The molecule has 0 bridgehead atoms. The summed E-state index contributed by atoms with van der Waals surface area (Å²) in [5.74, 6) is -0.0829. The highest BCUT2D eigenvalue weighted by Gasteiger charge is 2.16. The van der Waals surface area contributed by atoms with Gasteiger partial charge in [-0.25, -0.2) is 5.48 Å². The molecule has 0 spiro atoms. The normalized spacial score (nSPS) is 19.5. The van der Waals surface area contributed by atoms with E-state index >= 15 is 0 Å². The summed E-state index contributed by atoms with van der Waals surface area (Å²) < 4.78 is 0. The van der Waals surface area contributed by atoms with Gasteiger partial charge < -0.3 is 15.1 Å². The number of hydrogen-bond donors (Lipinski definition) is 2. The molecule has 0 aliphatic carbocycles. The Hall–Kier alpha value is -1.51. The number of nitrogens with one attached hydrogen (secondary N) is 2. The van der Waals surface area contributed by atoms with Crippen LogP contribution >= 0.6 is 0 Å². The van der Waals surface area contributed by atoms with Crippen LogP contribution in [0.25, 0.3) is 0 Å². The second kappa shape index (κ2) is 12.0. The number of piperazine rings is 2. The second-order valence-corrected chi connectivity index (χ2v) is 6.93. The lowest BCUT2D eigenvalue weighted by Gasteiger charge is -2.31. The van der Waals surface area contributed by atoms with E-state index in [9.17, 15) is 4.79 Å². The molecule has 146 valence electrons. The second-order valence-electron chi connectivity index (χ2n) is 6.93. The molecule has 1 aromatic rings. The van der Waals surface area contributed by atoms with E-state index in [-0.39, 0.29) is 5.91 Å². The average Bonchev–Trinajstić information content (AvgIpc) is 2.66. The zero-order valence-electron chi connectivity index (χ0n) is 16.1. The Morgan fingerprint density at radius 3 is 2.19 bits per heavy atom. The van der Waals surface area contributed by atoms with Gasteiger partial charge in [0.05, 0.1) is 13.2 Å². The summed E-state index contributed by atoms with van der Waals surface area (Å²) in [6, 6.07) is 9.78. The SMILES string of the molecule is CN1CCN(CC(=O)NOCc2ccccc2)CC1.CN1CCNCC1. The molecule has 0 aromatic heterocycles. The lowest BCUT2D eigenvalue weighted by atomic mass is 10.2. The Bertz CT molecular complexity index is 500. The van der Waals surface area contributed by atoms with Gasteiger partial charge in [-0.05, 0) is 19.7 Å². The third-order valence-corrected chi connectivity index (χ3v) is 4.57. The van der Waals surface area contributed by atoms with Gasteiger partial charge >= 0.3 is 0 Å². The molecule has 2 aliphatic rings. The Kier molecular flexibility index (Phi) is 9.58. The quantitative estimate of drug-likeness (QED) is 0.719. The molecule has 2 heterocycles. The van der Waals surface area contributed by atoms with E-state index in [4.69, 9.17) is 4.84 Å². The number of nitrogens with zero attached hydrogens (tertiary/aromatic N) is 3. The highest BCUT2D eigenvalue weighted by molar-refractivity contribution is 5.76. The molecule has 2 aliphatic heterocycles. The number of benzene rings is 1. The maximum absolute atomic E-state index is 11.7. The average molecular weight is 364 g/mol. The molecule has 0 unspecified atom stereocenters. The number of likely N-dealkylation sites (N-methyl/N-ethyl adjacent to an activating group) is 2. The van der Waals surface area contributed by atoms with Crippen LogP contribution in [0.5, 0.6) is 0 Å². The van der Waals surface area contributed by atoms with Crippen LogP contribution in [0, 0.1) is 0 Å². The zero-order valence-corrected chi connectivity index (χ0v) is 16.1. The Morgan fingerprint density at radius 1 is 1.00 bits per heavy atom. The fraction of sp³-hybridized carbons (Fsp3) is 0.632. The fourth-order valence-corrected chi connectivity index (χ4v) is 2.79. The van der Waals surface area contributed by atoms with Crippen molar-refractivity contribution in [3.05, 3.63) is 35.9 Å². The van der Waals surface area contributed by atoms with E-state index in [2.05, 4.69) is 39.6 Å². The summed E-state index contributed by atoms with van der Waals surface area (Å²) in [6.45, 7) is 9.44. The Morgan fingerprint density at radius 2 is 1.62 bits per heavy atom. The van der Waals surface area contributed by atoms with Crippen LogP contribution in [0.1, 0.15) is 5.56 Å². The van der Waals surface area contributed by atoms with Crippen molar-refractivity contribution in [2.24, 2.45) is 0 Å². The zero-order chi connectivity index (χ0) is 18.6. The summed E-state index contributed by atoms with van der Waals surface area (Å²) in [6.07, 6.45) is 0. The molecular weight excluding hydrogens is 330 g/mol. The first-order valence-corrected chi connectivity index (χ1v) is 9.38. The molecule has 2 fully saturated rings. The third kappa shape index (κ3) is 8.73. The van der Waals surface area contributed by atoms with Crippen molar-refractivity contribution < 1.29 is 9.63 Å². The summed E-state index contributed by atoms with van der Waals surface area (Å²) in [5, 5.41) is 3.27. The largest absolute Gasteiger partial charge is 0.314 e. The highest BCUT2D eigenvalue weighted by atomic mass is 16.6. The number of rotatable bonds is 5. The van der Waals surface area contributed by atoms with Crippen LogP contribution in [-0.4, -0.2) is 93.6 Å². The van der Waals surface area contributed by atoms with E-state index in [1.54, 1.807) is 0 Å². The molecule has 0 saturated carbocycles. The first kappa shape index (κ1) is 20.8. The van der Waals surface area contributed by atoms with Crippen LogP contribution in [-0.2, 0) is 16.2 Å². The van der Waals surface area contributed by atoms with Gasteiger partial charge in [0.2, 0.25) is 0 Å². The van der Waals surface area contributed by atoms with Crippen molar-refractivity contribution in [1.29, 1.82) is 0 Å². The smallest absolute Gasteiger partial charge is 0.257 e. The standard InChI is InChI=1S/C14H21N3O2.C5H12N2/c1-16-7-9-17(10-8-16)11-14(18)15-19-12-13-5-3-2-4-6-13;1-7-4-2-6-3-5-7/h2-6H,7-12H2,1H3,(H,15,18);6H,2-5H2,1H3. The summed E-state index contributed by atoms with van der Waals surface area (Å²) in [7, 11) is 4.25. The fourth-order valence-electron chi connectivity index (χ4n) is 2.79. The van der Waals surface area contributed by atoms with Gasteiger partial charge in [-0.3, -0.25) is 14.5 Å². The molecule has 0 radical (unpaired) electrons. The molecule has 7 nitrogen and oxygen atoms in total. The summed E-state index contributed by atoms with van der Waals surface area (Å²) in [5.41, 5.74) is 3.54. The van der Waals surface area contributed by atoms with Gasteiger partial charge in [-0.1, -0.05) is 30.3 Å². The molecule has 2 N–H and O–H groups in total. The van der Waals surface area contributed by atoms with Gasteiger partial charge in [0.1, 0.15) is 0 Å². The number of carbonyl (C=O) groups excluding carboxylic acids is 1. The number of carbonyl (C=O) groups is 1. The van der Waals surface area contributed by atoms with Crippen molar-refractivity contribution in [3.63, 3.8) is 0 Å². The topological polar surface area (TPSA) is 60.1 Å². The van der Waals surface area contributed by atoms with Crippen molar-refractivity contribution in [3.8, 4) is 0 Å². The predicted molar refractivity (Wildman–Crippen MR) is 104 cm³/mol. The minimum Gasteiger partial charge on any atom is -0.314 e. The van der Waals surface area contributed by atoms with Crippen LogP contribution in [0.2, 0.25) is 0 Å². The summed E-state index contributed by atoms with van der Waals surface area (Å²) >= 11 is 0. The van der Waals surface area contributed by atoms with Gasteiger partial charge in [-0.15, -0.1) is 0 Å². The van der Waals surface area contributed by atoms with Crippen molar-refractivity contribution in [1.82, 2.24) is 25.5 Å². The van der Waals surface area contributed by atoms with Crippen molar-refractivity contribution >= 4 is 5.91 Å². The van der Waals surface area contributed by atoms with Gasteiger partial charge in [0, 0.05) is 52.4 Å². The number of amides is 1. The minimum absolute atomic E-state index is 0.0829. The molecule has 7 heteroatoms. The lowest BCUT2D eigenvalue weighted by Crippen LogP contribution is -2.48. The van der Waals surface area contributed by atoms with Crippen molar-refractivity contribution in [2.45, 2.75) is 6.61 Å². The molecular formula is C19H33N5O2. The van der Waals surface area contributed by atoms with E-state index in [1.807, 2.05) is 30.3 Å². The van der Waals surface area contributed by atoms with Gasteiger partial charge in [0.25, 0.3) is 5.91 Å². The maximum Gasteiger partial charge on any atom is 0.257 e. The van der Waals surface area contributed by atoms with Crippen LogP contribution in [0.15, 0.2) is 30.3 Å². The number of hydrogen-bond acceptors (Lipinski definition) is 6. The van der Waals surface area contributed by atoms with Gasteiger partial charge in [-0.2, -0.15) is 0 Å². The van der Waals surface area contributed by atoms with Crippen LogP contribution in [0.3, 0.4) is 0 Å². The predicted octanol–water partition coefficient (Wildman–Crippen LogP) is 0.00320. The van der Waals surface area contributed by atoms with E-state index in [1.165, 1.54) is 13.1 Å². The maximum atomic E-state index is 11.7. The van der Waals surface area contributed by atoms with Gasteiger partial charge in [0.15, 0.2) is 0 Å². The third-order valence-electron chi connectivity index (χ3n) is 4.57. The first-order valence-electron chi connectivity index (χ1n) is 9.38. The molecule has 3 rings (SSSR count). The molecule has 2 saturated heterocycles. The van der Waals surface area contributed by atoms with Crippen molar-refractivity contribution in [2.75, 3.05) is 73.0 Å². The summed E-state index contributed by atoms with van der Waals surface area (Å²) in [4.78, 5) is 23.6. The molecule has 0 atom stereocenters. The lowest BCUT2D eigenvalue weighted by molar-refractivity contribution is -0.136. The Balaban J connectivity index is 0.000000290. The minimum atomic E-state index is -0.0829. The van der Waals surface area contributed by atoms with Crippen LogP contribution < -0.4 is 10.8 Å². The molecule has 1 aromatic carbocycles. The molecule has 26 heavy (non-hydrogen) atoms.